The molecule has 0 unspecified atom stereocenters. The van der Waals surface area contributed by atoms with Crippen LogP contribution in [0.3, 0.4) is 0 Å². The molecule has 0 fully saturated rings. The molecule has 2 aromatic carbocycles. The minimum Gasteiger partial charge on any atom is -0.463 e. The molecule has 36 heavy (non-hydrogen) atoms. The van der Waals surface area contributed by atoms with Crippen molar-refractivity contribution in [2.24, 2.45) is 0 Å². The van der Waals surface area contributed by atoms with Crippen molar-refractivity contribution in [1.82, 2.24) is 20.2 Å². The van der Waals surface area contributed by atoms with Gasteiger partial charge in [0.25, 0.3) is 5.56 Å². The van der Waals surface area contributed by atoms with Crippen LogP contribution in [0.15, 0.2) is 64.6 Å². The second kappa shape index (κ2) is 10.4. The summed E-state index contributed by atoms with van der Waals surface area (Å²) in [6.07, 6.45) is 0. The van der Waals surface area contributed by atoms with Crippen LogP contribution in [-0.2, 0) is 20.8 Å². The summed E-state index contributed by atoms with van der Waals surface area (Å²) in [5, 5.41) is 5.30. The first-order chi connectivity index (χ1) is 17.3. The van der Waals surface area contributed by atoms with Crippen molar-refractivity contribution >= 4 is 29.0 Å². The highest BCUT2D eigenvalue weighted by atomic mass is 16.5. The Balaban J connectivity index is 1.64. The van der Waals surface area contributed by atoms with Crippen LogP contribution in [0.25, 0.3) is 11.0 Å². The predicted octanol–water partition coefficient (Wildman–Crippen LogP) is 2.75. The third-order valence-electron chi connectivity index (χ3n) is 5.79. The number of esters is 2. The second-order valence-corrected chi connectivity index (χ2v) is 8.08. The fraction of sp³-hybridized carbons (Fsp3) is 0.269. The van der Waals surface area contributed by atoms with Gasteiger partial charge in [-0.2, -0.15) is 0 Å². The van der Waals surface area contributed by atoms with Gasteiger partial charge in [0.1, 0.15) is 12.3 Å². The average Bonchev–Trinajstić information content (AvgIpc) is 2.88. The number of aryl methyl sites for hydroxylation is 2. The van der Waals surface area contributed by atoms with Gasteiger partial charge in [0.15, 0.2) is 0 Å². The van der Waals surface area contributed by atoms with Gasteiger partial charge in [-0.15, -0.1) is 0 Å². The molecule has 3 aromatic rings. The van der Waals surface area contributed by atoms with Crippen LogP contribution >= 0.6 is 0 Å². The zero-order valence-electron chi connectivity index (χ0n) is 20.2. The van der Waals surface area contributed by atoms with Gasteiger partial charge in [-0.05, 0) is 44.5 Å². The number of benzene rings is 2. The zero-order chi connectivity index (χ0) is 25.8. The first-order valence-electron chi connectivity index (χ1n) is 11.5. The fourth-order valence-electron chi connectivity index (χ4n) is 4.11. The lowest BCUT2D eigenvalue weighted by Crippen LogP contribution is -2.47. The molecule has 0 radical (unpaired) electrons. The number of nitrogens with one attached hydrogen (secondary N) is 2. The van der Waals surface area contributed by atoms with Gasteiger partial charge in [-0.25, -0.2) is 19.4 Å². The summed E-state index contributed by atoms with van der Waals surface area (Å²) in [7, 11) is 0. The van der Waals surface area contributed by atoms with Crippen molar-refractivity contribution in [2.75, 3.05) is 13.2 Å². The average molecular weight is 491 g/mol. The SMILES string of the molecule is CCOC(=O)C1=C(COC(=O)c2ccc3c(c2)nc(C)c(=O)n3CC)NC(=O)N[C@@H]1c1ccccc1. The molecule has 1 aliphatic heterocycles. The Morgan fingerprint density at radius 1 is 1.03 bits per heavy atom. The molecule has 1 aromatic heterocycles. The van der Waals surface area contributed by atoms with Crippen LogP contribution in [-0.4, -0.2) is 40.7 Å². The van der Waals surface area contributed by atoms with Crippen LogP contribution < -0.4 is 16.2 Å². The molecule has 0 saturated carbocycles. The normalized spacial score (nSPS) is 15.3. The number of hydrogen-bond donors (Lipinski definition) is 2. The number of carbonyl (C=O) groups is 3. The highest BCUT2D eigenvalue weighted by Crippen LogP contribution is 2.28. The first kappa shape index (κ1) is 24.6. The molecular formula is C26H26N4O6. The van der Waals surface area contributed by atoms with E-state index in [4.69, 9.17) is 9.47 Å². The maximum absolute atomic E-state index is 12.9. The summed E-state index contributed by atoms with van der Waals surface area (Å²) in [4.78, 5) is 54.7. The third-order valence-corrected chi connectivity index (χ3v) is 5.79. The van der Waals surface area contributed by atoms with Gasteiger partial charge >= 0.3 is 18.0 Å². The van der Waals surface area contributed by atoms with E-state index >= 15 is 0 Å². The minimum absolute atomic E-state index is 0.133. The van der Waals surface area contributed by atoms with Crippen LogP contribution in [0.5, 0.6) is 0 Å². The number of nitrogens with zero attached hydrogens (tertiary/aromatic N) is 2. The number of hydrogen-bond acceptors (Lipinski definition) is 7. The van der Waals surface area contributed by atoms with E-state index in [9.17, 15) is 19.2 Å². The summed E-state index contributed by atoms with van der Waals surface area (Å²) < 4.78 is 12.3. The van der Waals surface area contributed by atoms with Crippen LogP contribution in [0.4, 0.5) is 4.79 Å². The molecule has 10 heteroatoms. The number of ether oxygens (including phenoxy) is 2. The van der Waals surface area contributed by atoms with Gasteiger partial charge in [0.05, 0.1) is 40.5 Å². The smallest absolute Gasteiger partial charge is 0.338 e. The van der Waals surface area contributed by atoms with Gasteiger partial charge < -0.3 is 24.7 Å². The Labute approximate surface area is 206 Å². The largest absolute Gasteiger partial charge is 0.463 e. The van der Waals surface area contributed by atoms with Crippen molar-refractivity contribution in [1.29, 1.82) is 0 Å². The zero-order valence-corrected chi connectivity index (χ0v) is 20.2. The molecule has 0 bridgehead atoms. The molecule has 10 nitrogen and oxygen atoms in total. The molecule has 0 aliphatic carbocycles. The van der Waals surface area contributed by atoms with Crippen molar-refractivity contribution in [3.63, 3.8) is 0 Å². The first-order valence-corrected chi connectivity index (χ1v) is 11.5. The van der Waals surface area contributed by atoms with Crippen molar-refractivity contribution in [3.8, 4) is 0 Å². The maximum Gasteiger partial charge on any atom is 0.338 e. The summed E-state index contributed by atoms with van der Waals surface area (Å²) in [6.45, 7) is 5.39. The van der Waals surface area contributed by atoms with Gasteiger partial charge in [-0.3, -0.25) is 4.79 Å². The molecular weight excluding hydrogens is 464 g/mol. The molecule has 0 spiro atoms. The molecule has 4 rings (SSSR count). The van der Waals surface area contributed by atoms with Gasteiger partial charge in [0, 0.05) is 6.54 Å². The number of amides is 2. The summed E-state index contributed by atoms with van der Waals surface area (Å²) in [5.74, 6) is -1.31. The summed E-state index contributed by atoms with van der Waals surface area (Å²) in [5.41, 5.74) is 2.40. The molecule has 2 amide bonds. The van der Waals surface area contributed by atoms with E-state index in [0.29, 0.717) is 28.8 Å². The Morgan fingerprint density at radius 3 is 2.47 bits per heavy atom. The topological polar surface area (TPSA) is 129 Å². The van der Waals surface area contributed by atoms with E-state index in [1.165, 1.54) is 0 Å². The second-order valence-electron chi connectivity index (χ2n) is 8.08. The van der Waals surface area contributed by atoms with E-state index in [2.05, 4.69) is 15.6 Å². The lowest BCUT2D eigenvalue weighted by Gasteiger charge is -2.29. The van der Waals surface area contributed by atoms with E-state index in [1.54, 1.807) is 60.9 Å². The van der Waals surface area contributed by atoms with Crippen LogP contribution in [0.1, 0.15) is 41.5 Å². The van der Waals surface area contributed by atoms with E-state index in [0.717, 1.165) is 0 Å². The number of rotatable bonds is 7. The van der Waals surface area contributed by atoms with Crippen molar-refractivity contribution < 1.29 is 23.9 Å². The van der Waals surface area contributed by atoms with Crippen molar-refractivity contribution in [2.45, 2.75) is 33.4 Å². The van der Waals surface area contributed by atoms with Crippen LogP contribution in [0.2, 0.25) is 0 Å². The molecule has 1 aliphatic rings. The molecule has 2 heterocycles. The molecule has 2 N–H and O–H groups in total. The van der Waals surface area contributed by atoms with E-state index < -0.39 is 24.0 Å². The lowest BCUT2D eigenvalue weighted by atomic mass is 9.95. The lowest BCUT2D eigenvalue weighted by molar-refractivity contribution is -0.139. The summed E-state index contributed by atoms with van der Waals surface area (Å²) >= 11 is 0. The number of carbonyl (C=O) groups excluding carboxylic acids is 3. The Morgan fingerprint density at radius 2 is 1.78 bits per heavy atom. The number of fused-ring (bicyclic) bond motifs is 1. The standard InChI is InChI=1S/C26H26N4O6/c1-4-30-20-12-11-17(13-18(20)27-15(3)23(30)31)24(32)36-14-19-21(25(33)35-5-2)22(29-26(34)28-19)16-9-7-6-8-10-16/h6-13,22H,4-5,14H2,1-3H3,(H2,28,29,34)/t22-/m1/s1. The highest BCUT2D eigenvalue weighted by Gasteiger charge is 2.34. The fourth-order valence-corrected chi connectivity index (χ4v) is 4.11. The van der Waals surface area contributed by atoms with Crippen LogP contribution in [0, 0.1) is 6.92 Å². The Hall–Kier alpha value is -4.47. The van der Waals surface area contributed by atoms with Gasteiger partial charge in [0.2, 0.25) is 0 Å². The quantitative estimate of drug-likeness (QED) is 0.487. The van der Waals surface area contributed by atoms with Gasteiger partial charge in [-0.1, -0.05) is 30.3 Å². The maximum atomic E-state index is 12.9. The Kier molecular flexibility index (Phi) is 7.14. The molecule has 0 saturated heterocycles. The monoisotopic (exact) mass is 490 g/mol. The third kappa shape index (κ3) is 4.83. The van der Waals surface area contributed by atoms with Crippen molar-refractivity contribution in [3.05, 3.63) is 87.0 Å². The Bertz CT molecular complexity index is 1430. The minimum atomic E-state index is -0.772. The highest BCUT2D eigenvalue weighted by molar-refractivity contribution is 5.96. The number of urea groups is 1. The van der Waals surface area contributed by atoms with E-state index in [-0.39, 0.29) is 35.6 Å². The summed E-state index contributed by atoms with van der Waals surface area (Å²) in [6, 6.07) is 12.4. The number of aromatic nitrogens is 2. The molecule has 186 valence electrons. The van der Waals surface area contributed by atoms with E-state index in [1.807, 2.05) is 13.0 Å². The predicted molar refractivity (Wildman–Crippen MR) is 131 cm³/mol. The molecule has 1 atom stereocenters.